The first-order valence-electron chi connectivity index (χ1n) is 7.52. The van der Waals surface area contributed by atoms with Crippen LogP contribution in [0.3, 0.4) is 0 Å². The molecule has 0 amide bonds. The zero-order chi connectivity index (χ0) is 15.2. The van der Waals surface area contributed by atoms with Crippen molar-refractivity contribution in [2.24, 2.45) is 0 Å². The summed E-state index contributed by atoms with van der Waals surface area (Å²) in [5, 5.41) is 10.2. The van der Waals surface area contributed by atoms with Gasteiger partial charge in [0.05, 0.1) is 0 Å². The molecule has 2 aromatic rings. The Morgan fingerprint density at radius 3 is 2.52 bits per heavy atom. The number of aryl methyl sites for hydroxylation is 1. The standard InChI is InChI=1S/C18H24N2O/c1-4-15(3)20(12-16-8-10-19-11-9-16)13-17-7-5-6-14(2)18(17)21/h5-11,15,21H,4,12-13H2,1-3H3/t15-/m0/s1. The van der Waals surface area contributed by atoms with Crippen LogP contribution < -0.4 is 0 Å². The van der Waals surface area contributed by atoms with Gasteiger partial charge in [-0.3, -0.25) is 9.88 Å². The van der Waals surface area contributed by atoms with E-state index in [2.05, 4.69) is 23.7 Å². The van der Waals surface area contributed by atoms with Gasteiger partial charge in [0.2, 0.25) is 0 Å². The fourth-order valence-corrected chi connectivity index (χ4v) is 2.41. The van der Waals surface area contributed by atoms with Gasteiger partial charge in [-0.15, -0.1) is 0 Å². The van der Waals surface area contributed by atoms with Crippen molar-refractivity contribution >= 4 is 0 Å². The molecule has 0 bridgehead atoms. The number of rotatable bonds is 6. The molecule has 2 rings (SSSR count). The van der Waals surface area contributed by atoms with E-state index in [4.69, 9.17) is 0 Å². The summed E-state index contributed by atoms with van der Waals surface area (Å²) in [7, 11) is 0. The van der Waals surface area contributed by atoms with E-state index in [1.807, 2.05) is 49.6 Å². The number of hydrogen-bond acceptors (Lipinski definition) is 3. The highest BCUT2D eigenvalue weighted by Gasteiger charge is 2.15. The van der Waals surface area contributed by atoms with Crippen molar-refractivity contribution < 1.29 is 5.11 Å². The third-order valence-corrected chi connectivity index (χ3v) is 4.04. The van der Waals surface area contributed by atoms with Crippen molar-refractivity contribution in [1.29, 1.82) is 0 Å². The van der Waals surface area contributed by atoms with Gasteiger partial charge in [-0.25, -0.2) is 0 Å². The van der Waals surface area contributed by atoms with E-state index in [1.54, 1.807) is 0 Å². The zero-order valence-electron chi connectivity index (χ0n) is 13.1. The molecule has 0 fully saturated rings. The second-order valence-electron chi connectivity index (χ2n) is 5.60. The highest BCUT2D eigenvalue weighted by atomic mass is 16.3. The summed E-state index contributed by atoms with van der Waals surface area (Å²) in [6.45, 7) is 7.99. The van der Waals surface area contributed by atoms with E-state index >= 15 is 0 Å². The molecular formula is C18H24N2O. The van der Waals surface area contributed by atoms with Gasteiger partial charge < -0.3 is 5.11 Å². The van der Waals surface area contributed by atoms with Crippen molar-refractivity contribution in [2.75, 3.05) is 0 Å². The minimum absolute atomic E-state index is 0.417. The van der Waals surface area contributed by atoms with Crippen molar-refractivity contribution in [2.45, 2.75) is 46.3 Å². The Morgan fingerprint density at radius 2 is 1.86 bits per heavy atom. The Hall–Kier alpha value is -1.87. The number of phenolic OH excluding ortho intramolecular Hbond substituents is 1. The molecule has 0 saturated carbocycles. The van der Waals surface area contributed by atoms with Crippen LogP contribution in [0.25, 0.3) is 0 Å². The summed E-state index contributed by atoms with van der Waals surface area (Å²) < 4.78 is 0. The number of nitrogens with zero attached hydrogens (tertiary/aromatic N) is 2. The number of hydrogen-bond donors (Lipinski definition) is 1. The van der Waals surface area contributed by atoms with Crippen molar-refractivity contribution in [3.63, 3.8) is 0 Å². The van der Waals surface area contributed by atoms with Crippen LogP contribution in [0.15, 0.2) is 42.7 Å². The lowest BCUT2D eigenvalue weighted by atomic mass is 10.1. The molecule has 0 aliphatic heterocycles. The summed E-state index contributed by atoms with van der Waals surface area (Å²) in [5.41, 5.74) is 3.17. The first-order valence-corrected chi connectivity index (χ1v) is 7.52. The third-order valence-electron chi connectivity index (χ3n) is 4.04. The van der Waals surface area contributed by atoms with Crippen LogP contribution in [0.4, 0.5) is 0 Å². The molecule has 0 saturated heterocycles. The number of pyridine rings is 1. The van der Waals surface area contributed by atoms with E-state index in [0.29, 0.717) is 11.8 Å². The van der Waals surface area contributed by atoms with Gasteiger partial charge in [0.15, 0.2) is 0 Å². The lowest BCUT2D eigenvalue weighted by Crippen LogP contribution is -2.31. The summed E-state index contributed by atoms with van der Waals surface area (Å²) >= 11 is 0. The number of phenols is 1. The molecule has 1 heterocycles. The largest absolute Gasteiger partial charge is 0.507 e. The first kappa shape index (κ1) is 15.5. The summed E-state index contributed by atoms with van der Waals surface area (Å²) in [4.78, 5) is 6.46. The number of benzene rings is 1. The predicted octanol–water partition coefficient (Wildman–Crippen LogP) is 3.90. The molecule has 1 N–H and O–H groups in total. The molecule has 1 atom stereocenters. The van der Waals surface area contributed by atoms with Crippen LogP contribution >= 0.6 is 0 Å². The van der Waals surface area contributed by atoms with Crippen LogP contribution in [0, 0.1) is 6.92 Å². The summed E-state index contributed by atoms with van der Waals surface area (Å²) in [6, 6.07) is 10.5. The van der Waals surface area contributed by atoms with Gasteiger partial charge in [0, 0.05) is 37.1 Å². The molecule has 0 radical (unpaired) electrons. The van der Waals surface area contributed by atoms with Crippen LogP contribution in [0.2, 0.25) is 0 Å². The minimum Gasteiger partial charge on any atom is -0.507 e. The maximum absolute atomic E-state index is 10.2. The second-order valence-corrected chi connectivity index (χ2v) is 5.60. The normalized spacial score (nSPS) is 12.6. The molecule has 0 spiro atoms. The molecule has 0 aliphatic rings. The van der Waals surface area contributed by atoms with Crippen molar-refractivity contribution in [3.8, 4) is 5.75 Å². The van der Waals surface area contributed by atoms with Crippen molar-refractivity contribution in [1.82, 2.24) is 9.88 Å². The monoisotopic (exact) mass is 284 g/mol. The molecule has 21 heavy (non-hydrogen) atoms. The van der Waals surface area contributed by atoms with Gasteiger partial charge in [0.1, 0.15) is 5.75 Å². The fraction of sp³-hybridized carbons (Fsp3) is 0.389. The van der Waals surface area contributed by atoms with Gasteiger partial charge >= 0.3 is 0 Å². The average Bonchev–Trinajstić information content (AvgIpc) is 2.51. The Bertz CT molecular complexity index is 569. The highest BCUT2D eigenvalue weighted by Crippen LogP contribution is 2.24. The molecular weight excluding hydrogens is 260 g/mol. The maximum atomic E-state index is 10.2. The minimum atomic E-state index is 0.417. The molecule has 3 heteroatoms. The van der Waals surface area contributed by atoms with E-state index in [-0.39, 0.29) is 0 Å². The Morgan fingerprint density at radius 1 is 1.14 bits per heavy atom. The highest BCUT2D eigenvalue weighted by molar-refractivity contribution is 5.39. The van der Waals surface area contributed by atoms with E-state index < -0.39 is 0 Å². The third kappa shape index (κ3) is 4.05. The van der Waals surface area contributed by atoms with Crippen molar-refractivity contribution in [3.05, 3.63) is 59.4 Å². The molecule has 1 aromatic heterocycles. The summed E-state index contributed by atoms with van der Waals surface area (Å²) in [6.07, 6.45) is 4.74. The molecule has 0 unspecified atom stereocenters. The lowest BCUT2D eigenvalue weighted by molar-refractivity contribution is 0.184. The van der Waals surface area contributed by atoms with Crippen LogP contribution in [0.1, 0.15) is 37.0 Å². The molecule has 112 valence electrons. The summed E-state index contributed by atoms with van der Waals surface area (Å²) in [5.74, 6) is 0.417. The van der Waals surface area contributed by atoms with Crippen LogP contribution in [-0.2, 0) is 13.1 Å². The van der Waals surface area contributed by atoms with Gasteiger partial charge in [-0.2, -0.15) is 0 Å². The lowest BCUT2D eigenvalue weighted by Gasteiger charge is -2.29. The molecule has 0 aliphatic carbocycles. The number of aromatic hydroxyl groups is 1. The second kappa shape index (κ2) is 7.23. The maximum Gasteiger partial charge on any atom is 0.122 e. The quantitative estimate of drug-likeness (QED) is 0.874. The van der Waals surface area contributed by atoms with E-state index in [9.17, 15) is 5.11 Å². The Balaban J connectivity index is 2.19. The van der Waals surface area contributed by atoms with E-state index in [0.717, 1.165) is 30.6 Å². The van der Waals surface area contributed by atoms with Gasteiger partial charge in [0.25, 0.3) is 0 Å². The predicted molar refractivity (Wildman–Crippen MR) is 86.1 cm³/mol. The van der Waals surface area contributed by atoms with Gasteiger partial charge in [-0.1, -0.05) is 25.1 Å². The number of aromatic nitrogens is 1. The van der Waals surface area contributed by atoms with Crippen LogP contribution in [0.5, 0.6) is 5.75 Å². The molecule has 1 aromatic carbocycles. The van der Waals surface area contributed by atoms with Gasteiger partial charge in [-0.05, 0) is 43.5 Å². The van der Waals surface area contributed by atoms with Crippen LogP contribution in [-0.4, -0.2) is 21.0 Å². The average molecular weight is 284 g/mol. The number of para-hydroxylation sites is 1. The SMILES string of the molecule is CC[C@H](C)N(Cc1ccncc1)Cc1cccc(C)c1O. The Labute approximate surface area is 127 Å². The smallest absolute Gasteiger partial charge is 0.122 e. The molecule has 3 nitrogen and oxygen atoms in total. The Kier molecular flexibility index (Phi) is 5.34. The fourth-order valence-electron chi connectivity index (χ4n) is 2.41. The zero-order valence-corrected chi connectivity index (χ0v) is 13.1. The topological polar surface area (TPSA) is 36.4 Å². The first-order chi connectivity index (χ1) is 10.1. The van der Waals surface area contributed by atoms with E-state index in [1.165, 1.54) is 5.56 Å².